The minimum atomic E-state index is -3.44. The van der Waals surface area contributed by atoms with E-state index in [1.807, 2.05) is 113 Å². The van der Waals surface area contributed by atoms with Gasteiger partial charge in [-0.1, -0.05) is 0 Å². The lowest BCUT2D eigenvalue weighted by Crippen LogP contribution is -2.11. The molecule has 6 aromatic carbocycles. The van der Waals surface area contributed by atoms with Crippen LogP contribution in [0.1, 0.15) is 26.3 Å². The average molecular weight is 772 g/mol. The second-order valence-electron chi connectivity index (χ2n) is 12.1. The van der Waals surface area contributed by atoms with Gasteiger partial charge >= 0.3 is 0 Å². The molecule has 7 N–H and O–H groups in total. The van der Waals surface area contributed by atoms with Gasteiger partial charge in [0.2, 0.25) is 9.84 Å². The van der Waals surface area contributed by atoms with Crippen LogP contribution in [0.5, 0.6) is 0 Å². The maximum absolute atomic E-state index is 12.4. The summed E-state index contributed by atoms with van der Waals surface area (Å²) >= 11 is 0. The zero-order valence-electron chi connectivity index (χ0n) is 32.4. The largest absolute Gasteiger partial charge is 0.388 e. The fraction of sp³-hybridized carbons (Fsp3) is 0.136. The summed E-state index contributed by atoms with van der Waals surface area (Å²) in [5, 5.41) is 20.9. The third kappa shape index (κ3) is 11.6. The number of hydrogen-bond acceptors (Lipinski definition) is 10. The van der Waals surface area contributed by atoms with Gasteiger partial charge in [0, 0.05) is 98.8 Å². The average Bonchev–Trinajstić information content (AvgIpc) is 3.27. The summed E-state index contributed by atoms with van der Waals surface area (Å²) in [6, 6.07) is 43.2. The van der Waals surface area contributed by atoms with Crippen molar-refractivity contribution in [2.45, 2.75) is 9.79 Å². The minimum Gasteiger partial charge on any atom is -0.388 e. The van der Waals surface area contributed by atoms with E-state index in [0.717, 1.165) is 39.8 Å². The molecular formula is C44H49N7O4S. The number of carbonyl (C=O) groups is 2. The molecule has 12 heteroatoms. The number of hydrogen-bond donors (Lipinski definition) is 7. The lowest BCUT2D eigenvalue weighted by atomic mass is 10.0. The van der Waals surface area contributed by atoms with Crippen molar-refractivity contribution in [3.8, 4) is 0 Å². The monoisotopic (exact) mass is 771 g/mol. The smallest absolute Gasteiger partial charge is 0.255 e. The van der Waals surface area contributed by atoms with Crippen LogP contribution in [0, 0.1) is 0 Å². The molecule has 11 nitrogen and oxygen atoms in total. The number of sulfone groups is 1. The molecule has 0 radical (unpaired) electrons. The molecule has 56 heavy (non-hydrogen) atoms. The Kier molecular flexibility index (Phi) is 15.4. The molecule has 0 saturated carbocycles. The number of benzene rings is 6. The predicted molar refractivity (Wildman–Crippen MR) is 233 cm³/mol. The van der Waals surface area contributed by atoms with E-state index in [1.165, 1.54) is 0 Å². The van der Waals surface area contributed by atoms with Crippen molar-refractivity contribution in [2.24, 2.45) is 0 Å². The maximum atomic E-state index is 12.4. The molecule has 6 aromatic rings. The highest BCUT2D eigenvalue weighted by Gasteiger charge is 2.17. The second-order valence-corrected chi connectivity index (χ2v) is 14.1. The SMILES string of the molecule is CNc1ccc(C(=O)c2ccc(NC)cc2)cc1.CNc1ccc(NC(=O)c2ccc(NC)cc2)cc1.CNc1ccc(S(=O)(=O)c2ccc(NC)cc2)cc1. The van der Waals surface area contributed by atoms with E-state index in [9.17, 15) is 18.0 Å². The standard InChI is InChI=1S/C15H17N3O.C15H16N2O.C14H16N2O2S/c1-16-12-5-3-11(4-6-12)15(19)18-14-9-7-13(17-2)8-10-14;1-16-13-7-3-11(4-8-13)15(18)12-5-9-14(17-2)10-6-12;1-15-11-3-7-13(8-4-11)19(17,18)14-9-5-12(16-2)6-10-14/h3-10,16-17H,1-2H3,(H,18,19);3-10,16-17H,1-2H3;3-10,15-16H,1-2H3. The summed E-state index contributed by atoms with van der Waals surface area (Å²) < 4.78 is 24.8. The van der Waals surface area contributed by atoms with Crippen LogP contribution in [0.2, 0.25) is 0 Å². The number of anilines is 7. The Labute approximate surface area is 329 Å². The Morgan fingerprint density at radius 3 is 0.857 bits per heavy atom. The van der Waals surface area contributed by atoms with Gasteiger partial charge < -0.3 is 37.2 Å². The van der Waals surface area contributed by atoms with Crippen LogP contribution in [-0.2, 0) is 9.84 Å². The van der Waals surface area contributed by atoms with Gasteiger partial charge in [-0.25, -0.2) is 8.42 Å². The molecule has 0 atom stereocenters. The van der Waals surface area contributed by atoms with Crippen LogP contribution in [-0.4, -0.2) is 62.4 Å². The van der Waals surface area contributed by atoms with Gasteiger partial charge in [0.15, 0.2) is 5.78 Å². The van der Waals surface area contributed by atoms with Crippen LogP contribution >= 0.6 is 0 Å². The predicted octanol–water partition coefficient (Wildman–Crippen LogP) is 8.63. The Balaban J connectivity index is 0.000000187. The van der Waals surface area contributed by atoms with Crippen molar-refractivity contribution in [3.05, 3.63) is 162 Å². The van der Waals surface area contributed by atoms with E-state index < -0.39 is 9.84 Å². The molecule has 0 heterocycles. The Hall–Kier alpha value is -6.79. The van der Waals surface area contributed by atoms with Gasteiger partial charge in [-0.2, -0.15) is 0 Å². The summed E-state index contributed by atoms with van der Waals surface area (Å²) in [7, 11) is 7.55. The summed E-state index contributed by atoms with van der Waals surface area (Å²) in [5.74, 6) is -0.0693. The highest BCUT2D eigenvalue weighted by molar-refractivity contribution is 7.91. The number of carbonyl (C=O) groups excluding carboxylic acids is 2. The Morgan fingerprint density at radius 1 is 0.339 bits per heavy atom. The third-order valence-electron chi connectivity index (χ3n) is 8.65. The van der Waals surface area contributed by atoms with E-state index >= 15 is 0 Å². The maximum Gasteiger partial charge on any atom is 0.255 e. The molecular weight excluding hydrogens is 723 g/mol. The fourth-order valence-electron chi connectivity index (χ4n) is 5.19. The van der Waals surface area contributed by atoms with E-state index in [2.05, 4.69) is 37.2 Å². The number of ketones is 1. The van der Waals surface area contributed by atoms with Crippen molar-refractivity contribution in [3.63, 3.8) is 0 Å². The molecule has 6 rings (SSSR count). The molecule has 0 unspecified atom stereocenters. The van der Waals surface area contributed by atoms with Crippen molar-refractivity contribution in [1.82, 2.24) is 0 Å². The molecule has 0 bridgehead atoms. The van der Waals surface area contributed by atoms with Gasteiger partial charge in [0.25, 0.3) is 5.91 Å². The zero-order valence-corrected chi connectivity index (χ0v) is 33.2. The molecule has 0 spiro atoms. The highest BCUT2D eigenvalue weighted by atomic mass is 32.2. The molecule has 0 aliphatic heterocycles. The minimum absolute atomic E-state index is 0.0420. The molecule has 290 valence electrons. The van der Waals surface area contributed by atoms with Crippen molar-refractivity contribution >= 4 is 61.3 Å². The quantitative estimate of drug-likeness (QED) is 0.0603. The first-order valence-electron chi connectivity index (χ1n) is 17.8. The highest BCUT2D eigenvalue weighted by Crippen LogP contribution is 2.24. The molecule has 0 aliphatic rings. The first-order chi connectivity index (χ1) is 27.0. The van der Waals surface area contributed by atoms with E-state index in [0.29, 0.717) is 26.5 Å². The van der Waals surface area contributed by atoms with E-state index in [4.69, 9.17) is 0 Å². The normalized spacial score (nSPS) is 10.2. The molecule has 0 aromatic heterocycles. The van der Waals surface area contributed by atoms with Crippen molar-refractivity contribution < 1.29 is 18.0 Å². The third-order valence-corrected chi connectivity index (χ3v) is 10.4. The topological polar surface area (TPSA) is 152 Å². The van der Waals surface area contributed by atoms with Crippen LogP contribution in [0.4, 0.5) is 39.8 Å². The number of rotatable bonds is 12. The van der Waals surface area contributed by atoms with Crippen LogP contribution in [0.15, 0.2) is 155 Å². The zero-order chi connectivity index (χ0) is 40.5. The van der Waals surface area contributed by atoms with E-state index in [-0.39, 0.29) is 11.7 Å². The van der Waals surface area contributed by atoms with Gasteiger partial charge in [0.05, 0.1) is 9.79 Å². The fourth-order valence-corrected chi connectivity index (χ4v) is 6.45. The van der Waals surface area contributed by atoms with Crippen LogP contribution < -0.4 is 37.2 Å². The van der Waals surface area contributed by atoms with Gasteiger partial charge in [-0.05, 0) is 146 Å². The lowest BCUT2D eigenvalue weighted by Gasteiger charge is -2.07. The molecule has 0 aliphatic carbocycles. The van der Waals surface area contributed by atoms with Gasteiger partial charge in [-0.15, -0.1) is 0 Å². The van der Waals surface area contributed by atoms with Gasteiger partial charge in [0.1, 0.15) is 0 Å². The molecule has 0 fully saturated rings. The summed E-state index contributed by atoms with van der Waals surface area (Å²) in [5.41, 5.74) is 8.56. The first kappa shape index (κ1) is 42.0. The summed E-state index contributed by atoms with van der Waals surface area (Å²) in [6.07, 6.45) is 0. The van der Waals surface area contributed by atoms with Crippen LogP contribution in [0.25, 0.3) is 0 Å². The summed E-state index contributed by atoms with van der Waals surface area (Å²) in [6.45, 7) is 0. The van der Waals surface area contributed by atoms with Crippen molar-refractivity contribution in [2.75, 3.05) is 79.5 Å². The second kappa shape index (κ2) is 20.6. The van der Waals surface area contributed by atoms with Gasteiger partial charge in [-0.3, -0.25) is 9.59 Å². The lowest BCUT2D eigenvalue weighted by molar-refractivity contribution is 0.102. The molecule has 0 saturated heterocycles. The molecule has 1 amide bonds. The van der Waals surface area contributed by atoms with Crippen molar-refractivity contribution in [1.29, 1.82) is 0 Å². The Bertz CT molecular complexity index is 2140. The number of nitrogens with one attached hydrogen (secondary N) is 7. The summed E-state index contributed by atoms with van der Waals surface area (Å²) in [4.78, 5) is 24.8. The first-order valence-corrected chi connectivity index (χ1v) is 19.3. The van der Waals surface area contributed by atoms with Crippen LogP contribution in [0.3, 0.4) is 0 Å². The Morgan fingerprint density at radius 2 is 0.571 bits per heavy atom. The van der Waals surface area contributed by atoms with E-state index in [1.54, 1.807) is 74.8 Å². The number of amides is 1.